The molecule has 2 N–H and O–H groups in total. The molecule has 0 saturated heterocycles. The number of benzene rings is 2. The van der Waals surface area contributed by atoms with Crippen molar-refractivity contribution in [2.45, 2.75) is 20.4 Å². The quantitative estimate of drug-likeness (QED) is 0.649. The summed E-state index contributed by atoms with van der Waals surface area (Å²) in [7, 11) is 4.02. The molecule has 2 aromatic rings. The van der Waals surface area contributed by atoms with Gasteiger partial charge in [-0.15, -0.1) is 0 Å². The second-order valence-electron chi connectivity index (χ2n) is 6.83. The lowest BCUT2D eigenvalue weighted by molar-refractivity contribution is -0.903. The van der Waals surface area contributed by atoms with Gasteiger partial charge >= 0.3 is 5.97 Å². The Hall–Kier alpha value is -2.86. The highest BCUT2D eigenvalue weighted by Crippen LogP contribution is 2.16. The maximum Gasteiger partial charge on any atom is 0.340 e. The number of nitrogens with one attached hydrogen (secondary N) is 2. The van der Waals surface area contributed by atoms with Crippen LogP contribution in [0.1, 0.15) is 29.8 Å². The van der Waals surface area contributed by atoms with Crippen LogP contribution >= 0.6 is 0 Å². The number of quaternary nitrogens is 1. The van der Waals surface area contributed by atoms with Crippen LogP contribution in [0.5, 0.6) is 0 Å². The van der Waals surface area contributed by atoms with Gasteiger partial charge in [0.2, 0.25) is 0 Å². The molecule has 0 aromatic heterocycles. The molecular weight excluding hydrogens is 354 g/mol. The first-order valence-corrected chi connectivity index (χ1v) is 9.60. The van der Waals surface area contributed by atoms with Crippen LogP contribution in [0.2, 0.25) is 0 Å². The second kappa shape index (κ2) is 10.5. The standard InChI is InChI=1S/C22H29N3O3/c1-5-25(15-17-11-13-18(14-12-17)24(3)4)16-21(26)23-20-10-8-7-9-19(20)22(27)28-6-2/h7-14H,5-6,15-16H2,1-4H3,(H,23,26)/p+1. The van der Waals surface area contributed by atoms with Crippen LogP contribution in [0.25, 0.3) is 0 Å². The van der Waals surface area contributed by atoms with E-state index in [1.165, 1.54) is 5.56 Å². The Labute approximate surface area is 167 Å². The normalized spacial score (nSPS) is 11.6. The van der Waals surface area contributed by atoms with Gasteiger partial charge in [-0.25, -0.2) is 4.79 Å². The average molecular weight is 385 g/mol. The van der Waals surface area contributed by atoms with Gasteiger partial charge in [0, 0.05) is 25.3 Å². The Morgan fingerprint density at radius 2 is 1.71 bits per heavy atom. The number of esters is 1. The van der Waals surface area contributed by atoms with Crippen LogP contribution in [0, 0.1) is 0 Å². The third-order valence-electron chi connectivity index (χ3n) is 4.51. The Bertz CT molecular complexity index is 788. The molecular formula is C22H30N3O3+. The van der Waals surface area contributed by atoms with E-state index in [9.17, 15) is 9.59 Å². The van der Waals surface area contributed by atoms with Crippen molar-refractivity contribution < 1.29 is 19.2 Å². The summed E-state index contributed by atoms with van der Waals surface area (Å²) in [4.78, 5) is 27.8. The zero-order valence-corrected chi connectivity index (χ0v) is 17.1. The van der Waals surface area contributed by atoms with Gasteiger partial charge in [0.25, 0.3) is 5.91 Å². The molecule has 0 fully saturated rings. The van der Waals surface area contributed by atoms with Gasteiger partial charge in [0.15, 0.2) is 6.54 Å². The van der Waals surface area contributed by atoms with Gasteiger partial charge in [-0.1, -0.05) is 24.3 Å². The summed E-state index contributed by atoms with van der Waals surface area (Å²) in [5.41, 5.74) is 3.18. The molecule has 1 atom stereocenters. The van der Waals surface area contributed by atoms with Crippen LogP contribution in [0.15, 0.2) is 48.5 Å². The number of hydrogen-bond donors (Lipinski definition) is 2. The molecule has 6 nitrogen and oxygen atoms in total. The van der Waals surface area contributed by atoms with Crippen molar-refractivity contribution in [3.05, 3.63) is 59.7 Å². The van der Waals surface area contributed by atoms with E-state index in [0.717, 1.165) is 23.7 Å². The molecule has 0 aliphatic carbocycles. The Balaban J connectivity index is 2.00. The number of ether oxygens (including phenoxy) is 1. The number of carbonyl (C=O) groups excluding carboxylic acids is 2. The Kier molecular flexibility index (Phi) is 8.02. The van der Waals surface area contributed by atoms with E-state index < -0.39 is 5.97 Å². The van der Waals surface area contributed by atoms with E-state index in [1.54, 1.807) is 31.2 Å². The van der Waals surface area contributed by atoms with Crippen LogP contribution in [-0.4, -0.2) is 45.7 Å². The molecule has 0 bridgehead atoms. The van der Waals surface area contributed by atoms with Gasteiger partial charge in [0.1, 0.15) is 6.54 Å². The first-order chi connectivity index (χ1) is 13.4. The SMILES string of the molecule is CCOC(=O)c1ccccc1NC(=O)C[NH+](CC)Cc1ccc(N(C)C)cc1. The molecule has 28 heavy (non-hydrogen) atoms. The maximum atomic E-state index is 12.6. The fourth-order valence-electron chi connectivity index (χ4n) is 2.91. The minimum absolute atomic E-state index is 0.126. The van der Waals surface area contributed by atoms with Crippen molar-refractivity contribution in [1.82, 2.24) is 0 Å². The number of hydrogen-bond acceptors (Lipinski definition) is 4. The summed E-state index contributed by atoms with van der Waals surface area (Å²) < 4.78 is 5.06. The zero-order valence-electron chi connectivity index (χ0n) is 17.1. The second-order valence-corrected chi connectivity index (χ2v) is 6.83. The summed E-state index contributed by atoms with van der Waals surface area (Å²) in [6.07, 6.45) is 0. The monoisotopic (exact) mass is 384 g/mol. The van der Waals surface area contributed by atoms with Gasteiger partial charge in [-0.3, -0.25) is 4.79 Å². The molecule has 0 aliphatic heterocycles. The highest BCUT2D eigenvalue weighted by Gasteiger charge is 2.17. The number of nitrogens with zero attached hydrogens (tertiary/aromatic N) is 1. The molecule has 0 radical (unpaired) electrons. The van der Waals surface area contributed by atoms with Crippen molar-refractivity contribution in [2.24, 2.45) is 0 Å². The fourth-order valence-corrected chi connectivity index (χ4v) is 2.91. The Morgan fingerprint density at radius 1 is 1.04 bits per heavy atom. The maximum absolute atomic E-state index is 12.6. The number of rotatable bonds is 9. The number of para-hydroxylation sites is 1. The highest BCUT2D eigenvalue weighted by molar-refractivity contribution is 6.01. The number of amides is 1. The molecule has 0 heterocycles. The molecule has 2 rings (SSSR count). The molecule has 150 valence electrons. The number of likely N-dealkylation sites (N-methyl/N-ethyl adjacent to an activating group) is 1. The van der Waals surface area contributed by atoms with Crippen molar-refractivity contribution >= 4 is 23.3 Å². The highest BCUT2D eigenvalue weighted by atomic mass is 16.5. The summed E-state index contributed by atoms with van der Waals surface area (Å²) in [6.45, 7) is 6.01. The van der Waals surface area contributed by atoms with E-state index in [4.69, 9.17) is 4.74 Å². The zero-order chi connectivity index (χ0) is 20.5. The average Bonchev–Trinajstić information content (AvgIpc) is 2.68. The van der Waals surface area contributed by atoms with Crippen molar-refractivity contribution in [1.29, 1.82) is 0 Å². The first kappa shape index (κ1) is 21.4. The largest absolute Gasteiger partial charge is 0.462 e. The summed E-state index contributed by atoms with van der Waals surface area (Å²) in [5, 5.41) is 2.86. The van der Waals surface area contributed by atoms with Crippen molar-refractivity contribution in [3.63, 3.8) is 0 Å². The molecule has 0 aliphatic rings. The van der Waals surface area contributed by atoms with E-state index in [0.29, 0.717) is 24.4 Å². The minimum Gasteiger partial charge on any atom is -0.462 e. The predicted octanol–water partition coefficient (Wildman–Crippen LogP) is 1.97. The molecule has 0 spiro atoms. The van der Waals surface area contributed by atoms with Gasteiger partial charge in [-0.2, -0.15) is 0 Å². The molecule has 2 aromatic carbocycles. The minimum atomic E-state index is -0.431. The van der Waals surface area contributed by atoms with E-state index in [2.05, 4.69) is 41.4 Å². The number of carbonyl (C=O) groups is 2. The third-order valence-corrected chi connectivity index (χ3v) is 4.51. The third kappa shape index (κ3) is 6.09. The lowest BCUT2D eigenvalue weighted by atomic mass is 10.1. The van der Waals surface area contributed by atoms with Crippen LogP contribution < -0.4 is 15.1 Å². The summed E-state index contributed by atoms with van der Waals surface area (Å²) in [6, 6.07) is 15.3. The summed E-state index contributed by atoms with van der Waals surface area (Å²) in [5.74, 6) is -0.558. The van der Waals surface area contributed by atoms with Gasteiger partial charge in [0.05, 0.1) is 24.4 Å². The van der Waals surface area contributed by atoms with Gasteiger partial charge < -0.3 is 19.9 Å². The first-order valence-electron chi connectivity index (χ1n) is 9.60. The van der Waals surface area contributed by atoms with Crippen LogP contribution in [0.3, 0.4) is 0 Å². The van der Waals surface area contributed by atoms with Crippen LogP contribution in [0.4, 0.5) is 11.4 Å². The van der Waals surface area contributed by atoms with E-state index in [1.807, 2.05) is 14.1 Å². The lowest BCUT2D eigenvalue weighted by Gasteiger charge is -2.19. The molecule has 1 amide bonds. The molecule has 0 saturated carbocycles. The van der Waals surface area contributed by atoms with Crippen LogP contribution in [-0.2, 0) is 16.1 Å². The van der Waals surface area contributed by atoms with Gasteiger partial charge in [-0.05, 0) is 38.1 Å². The smallest absolute Gasteiger partial charge is 0.340 e. The van der Waals surface area contributed by atoms with E-state index >= 15 is 0 Å². The fraction of sp³-hybridized carbons (Fsp3) is 0.364. The number of anilines is 2. The van der Waals surface area contributed by atoms with Crippen molar-refractivity contribution in [2.75, 3.05) is 44.0 Å². The van der Waals surface area contributed by atoms with Crippen molar-refractivity contribution in [3.8, 4) is 0 Å². The van der Waals surface area contributed by atoms with E-state index in [-0.39, 0.29) is 5.91 Å². The lowest BCUT2D eigenvalue weighted by Crippen LogP contribution is -3.11. The predicted molar refractivity (Wildman–Crippen MR) is 112 cm³/mol. The Morgan fingerprint density at radius 3 is 2.32 bits per heavy atom. The molecule has 1 unspecified atom stereocenters. The summed E-state index contributed by atoms with van der Waals surface area (Å²) >= 11 is 0. The molecule has 6 heteroatoms. The topological polar surface area (TPSA) is 63.1 Å².